The van der Waals surface area contributed by atoms with Crippen molar-refractivity contribution >= 4 is 11.3 Å². The number of aryl methyl sites for hydroxylation is 1. The molecule has 1 unspecified atom stereocenters. The van der Waals surface area contributed by atoms with E-state index in [1.54, 1.807) is 11.3 Å². The Morgan fingerprint density at radius 2 is 2.05 bits per heavy atom. The highest BCUT2D eigenvalue weighted by Gasteiger charge is 2.04. The molecule has 1 aromatic carbocycles. The van der Waals surface area contributed by atoms with Gasteiger partial charge in [0, 0.05) is 30.1 Å². The average molecular weight is 289 g/mol. The Morgan fingerprint density at radius 1 is 1.25 bits per heavy atom. The van der Waals surface area contributed by atoms with E-state index in [9.17, 15) is 0 Å². The maximum Gasteiger partial charge on any atom is 0.0940 e. The smallest absolute Gasteiger partial charge is 0.0940 e. The number of hydrogen-bond acceptors (Lipinski definition) is 4. The van der Waals surface area contributed by atoms with Gasteiger partial charge in [-0.3, -0.25) is 0 Å². The van der Waals surface area contributed by atoms with Crippen LogP contribution in [0.1, 0.15) is 35.1 Å². The number of nitrogens with two attached hydrogens (primary N) is 1. The molecular formula is C16H23N3S. The molecule has 2 rings (SSSR count). The van der Waals surface area contributed by atoms with Gasteiger partial charge in [0.25, 0.3) is 0 Å². The number of benzene rings is 1. The van der Waals surface area contributed by atoms with Gasteiger partial charge in [0.15, 0.2) is 0 Å². The molecule has 0 radical (unpaired) electrons. The van der Waals surface area contributed by atoms with E-state index in [0.29, 0.717) is 0 Å². The summed E-state index contributed by atoms with van der Waals surface area (Å²) in [4.78, 5) is 4.45. The summed E-state index contributed by atoms with van der Waals surface area (Å²) in [6.07, 6.45) is 3.14. The fraction of sp³-hybridized carbons (Fsp3) is 0.438. The molecule has 0 aliphatic heterocycles. The highest BCUT2D eigenvalue weighted by atomic mass is 32.1. The fourth-order valence-electron chi connectivity index (χ4n) is 2.15. The quantitative estimate of drug-likeness (QED) is 0.734. The minimum atomic E-state index is 0.152. The topological polar surface area (TPSA) is 50.9 Å². The molecule has 0 saturated carbocycles. The van der Waals surface area contributed by atoms with Gasteiger partial charge in [0.05, 0.1) is 5.01 Å². The lowest BCUT2D eigenvalue weighted by Gasteiger charge is -2.11. The molecule has 0 fully saturated rings. The molecule has 20 heavy (non-hydrogen) atoms. The minimum absolute atomic E-state index is 0.152. The first-order valence-electron chi connectivity index (χ1n) is 7.18. The van der Waals surface area contributed by atoms with Crippen molar-refractivity contribution in [3.63, 3.8) is 0 Å². The largest absolute Gasteiger partial charge is 0.324 e. The van der Waals surface area contributed by atoms with Gasteiger partial charge in [-0.05, 0) is 31.9 Å². The van der Waals surface area contributed by atoms with Crippen LogP contribution in [0.5, 0.6) is 0 Å². The molecule has 1 atom stereocenters. The third kappa shape index (κ3) is 5.04. The first kappa shape index (κ1) is 15.2. The van der Waals surface area contributed by atoms with Crippen molar-refractivity contribution in [1.82, 2.24) is 10.3 Å². The summed E-state index contributed by atoms with van der Waals surface area (Å²) < 4.78 is 0. The predicted molar refractivity (Wildman–Crippen MR) is 86.0 cm³/mol. The van der Waals surface area contributed by atoms with Crippen LogP contribution >= 0.6 is 11.3 Å². The Hall–Kier alpha value is -1.23. The van der Waals surface area contributed by atoms with E-state index >= 15 is 0 Å². The van der Waals surface area contributed by atoms with Crippen LogP contribution in [0.3, 0.4) is 0 Å². The predicted octanol–water partition coefficient (Wildman–Crippen LogP) is 3.06. The van der Waals surface area contributed by atoms with Gasteiger partial charge in [-0.2, -0.15) is 0 Å². The molecule has 0 amide bonds. The van der Waals surface area contributed by atoms with Crippen molar-refractivity contribution in [3.05, 3.63) is 52.0 Å². The highest BCUT2D eigenvalue weighted by molar-refractivity contribution is 7.09. The molecule has 3 N–H and O–H groups in total. The summed E-state index contributed by atoms with van der Waals surface area (Å²) >= 11 is 1.74. The Balaban J connectivity index is 1.55. The van der Waals surface area contributed by atoms with Gasteiger partial charge in [-0.25, -0.2) is 4.98 Å². The van der Waals surface area contributed by atoms with Crippen LogP contribution in [-0.2, 0) is 6.42 Å². The summed E-state index contributed by atoms with van der Waals surface area (Å²) in [7, 11) is 0. The first-order valence-corrected chi connectivity index (χ1v) is 8.06. The van der Waals surface area contributed by atoms with E-state index in [1.165, 1.54) is 10.6 Å². The SMILES string of the molecule is Cc1csc(CCNCCCC(N)c2ccccc2)n1. The lowest BCUT2D eigenvalue weighted by Crippen LogP contribution is -2.20. The van der Waals surface area contributed by atoms with Crippen molar-refractivity contribution in [3.8, 4) is 0 Å². The van der Waals surface area contributed by atoms with Crippen molar-refractivity contribution in [1.29, 1.82) is 0 Å². The summed E-state index contributed by atoms with van der Waals surface area (Å²) in [6, 6.07) is 10.5. The number of thiazole rings is 1. The molecule has 2 aromatic rings. The van der Waals surface area contributed by atoms with Gasteiger partial charge < -0.3 is 11.1 Å². The standard InChI is InChI=1S/C16H23N3S/c1-13-12-20-16(19-13)9-11-18-10-5-8-15(17)14-6-3-2-4-7-14/h2-4,6-7,12,15,18H,5,8-11,17H2,1H3. The molecule has 108 valence electrons. The van der Waals surface area contributed by atoms with Gasteiger partial charge in [-0.15, -0.1) is 11.3 Å². The van der Waals surface area contributed by atoms with E-state index < -0.39 is 0 Å². The Kier molecular flexibility index (Phi) is 6.18. The number of rotatable bonds is 8. The van der Waals surface area contributed by atoms with Crippen LogP contribution in [0.15, 0.2) is 35.7 Å². The minimum Gasteiger partial charge on any atom is -0.324 e. The number of nitrogens with zero attached hydrogens (tertiary/aromatic N) is 1. The normalized spacial score (nSPS) is 12.5. The van der Waals surface area contributed by atoms with E-state index in [2.05, 4.69) is 27.8 Å². The summed E-state index contributed by atoms with van der Waals surface area (Å²) in [5.41, 5.74) is 8.52. The number of hydrogen-bond donors (Lipinski definition) is 2. The second-order valence-corrected chi connectivity index (χ2v) is 5.98. The lowest BCUT2D eigenvalue weighted by atomic mass is 10.0. The lowest BCUT2D eigenvalue weighted by molar-refractivity contribution is 0.567. The van der Waals surface area contributed by atoms with E-state index in [1.807, 2.05) is 25.1 Å². The van der Waals surface area contributed by atoms with Crippen LogP contribution in [0, 0.1) is 6.92 Å². The molecule has 0 saturated heterocycles. The molecule has 1 aromatic heterocycles. The van der Waals surface area contributed by atoms with E-state index in [0.717, 1.165) is 38.0 Å². The van der Waals surface area contributed by atoms with E-state index in [-0.39, 0.29) is 6.04 Å². The van der Waals surface area contributed by atoms with Gasteiger partial charge in [0.1, 0.15) is 0 Å². The third-order valence-corrected chi connectivity index (χ3v) is 4.31. The molecule has 0 aliphatic rings. The first-order chi connectivity index (χ1) is 9.75. The highest BCUT2D eigenvalue weighted by Crippen LogP contribution is 2.14. The number of nitrogens with one attached hydrogen (secondary N) is 1. The Bertz CT molecular complexity index is 495. The second kappa shape index (κ2) is 8.15. The van der Waals surface area contributed by atoms with Crippen molar-refractivity contribution in [2.45, 2.75) is 32.2 Å². The monoisotopic (exact) mass is 289 g/mol. The zero-order valence-corrected chi connectivity index (χ0v) is 12.8. The van der Waals surface area contributed by atoms with Gasteiger partial charge >= 0.3 is 0 Å². The maximum atomic E-state index is 6.17. The molecule has 3 nitrogen and oxygen atoms in total. The summed E-state index contributed by atoms with van der Waals surface area (Å²) in [5, 5.41) is 6.78. The van der Waals surface area contributed by atoms with Crippen LogP contribution in [0.4, 0.5) is 0 Å². The Morgan fingerprint density at radius 3 is 2.75 bits per heavy atom. The molecule has 0 aliphatic carbocycles. The molecule has 4 heteroatoms. The van der Waals surface area contributed by atoms with Gasteiger partial charge in [-0.1, -0.05) is 30.3 Å². The average Bonchev–Trinajstić information content (AvgIpc) is 2.89. The summed E-state index contributed by atoms with van der Waals surface area (Å²) in [6.45, 7) is 4.05. The van der Waals surface area contributed by atoms with Crippen molar-refractivity contribution in [2.24, 2.45) is 5.73 Å². The molecular weight excluding hydrogens is 266 g/mol. The zero-order valence-electron chi connectivity index (χ0n) is 12.0. The van der Waals surface area contributed by atoms with Crippen LogP contribution in [0.2, 0.25) is 0 Å². The van der Waals surface area contributed by atoms with Crippen molar-refractivity contribution in [2.75, 3.05) is 13.1 Å². The van der Waals surface area contributed by atoms with Crippen molar-refractivity contribution < 1.29 is 0 Å². The molecule has 1 heterocycles. The van der Waals surface area contributed by atoms with Crippen LogP contribution in [0.25, 0.3) is 0 Å². The Labute approximate surface area is 125 Å². The van der Waals surface area contributed by atoms with Crippen LogP contribution in [-0.4, -0.2) is 18.1 Å². The second-order valence-electron chi connectivity index (χ2n) is 5.04. The van der Waals surface area contributed by atoms with E-state index in [4.69, 9.17) is 5.73 Å². The number of aromatic nitrogens is 1. The maximum absolute atomic E-state index is 6.17. The van der Waals surface area contributed by atoms with Crippen LogP contribution < -0.4 is 11.1 Å². The zero-order chi connectivity index (χ0) is 14.2. The third-order valence-electron chi connectivity index (χ3n) is 3.28. The molecule has 0 spiro atoms. The van der Waals surface area contributed by atoms with Gasteiger partial charge in [0.2, 0.25) is 0 Å². The fourth-order valence-corrected chi connectivity index (χ4v) is 2.93. The molecule has 0 bridgehead atoms. The summed E-state index contributed by atoms with van der Waals surface area (Å²) in [5.74, 6) is 0.